The quantitative estimate of drug-likeness (QED) is 0.154. The van der Waals surface area contributed by atoms with Crippen LogP contribution in [0.25, 0.3) is 16.6 Å². The minimum Gasteiger partial charge on any atom is -0.360 e. The zero-order valence-corrected chi connectivity index (χ0v) is 24.5. The molecule has 42 heavy (non-hydrogen) atoms. The van der Waals surface area contributed by atoms with E-state index in [2.05, 4.69) is 16.9 Å². The molecule has 1 aromatic heterocycles. The number of halogens is 2. The summed E-state index contributed by atoms with van der Waals surface area (Å²) in [7, 11) is 0. The van der Waals surface area contributed by atoms with Crippen molar-refractivity contribution in [2.45, 2.75) is 47.1 Å². The van der Waals surface area contributed by atoms with Gasteiger partial charge in [0.2, 0.25) is 0 Å². The summed E-state index contributed by atoms with van der Waals surface area (Å²) in [6.45, 7) is 13.5. The van der Waals surface area contributed by atoms with E-state index in [4.69, 9.17) is 10.4 Å². The van der Waals surface area contributed by atoms with E-state index in [0.29, 0.717) is 57.5 Å². The lowest BCUT2D eigenvalue weighted by Crippen LogP contribution is -2.30. The van der Waals surface area contributed by atoms with Crippen LogP contribution in [0, 0.1) is 23.0 Å². The van der Waals surface area contributed by atoms with Gasteiger partial charge in [0.25, 0.3) is 5.56 Å². The second kappa shape index (κ2) is 12.9. The maximum Gasteiger partial charge on any atom is 0.266 e. The van der Waals surface area contributed by atoms with Gasteiger partial charge in [0.05, 0.1) is 28.3 Å². The van der Waals surface area contributed by atoms with Crippen molar-refractivity contribution in [2.24, 2.45) is 10.9 Å². The highest BCUT2D eigenvalue weighted by Gasteiger charge is 2.22. The monoisotopic (exact) mass is 567 g/mol. The smallest absolute Gasteiger partial charge is 0.266 e. The van der Waals surface area contributed by atoms with Crippen LogP contribution in [0.1, 0.15) is 57.6 Å². The minimum absolute atomic E-state index is 0.0557. The van der Waals surface area contributed by atoms with Crippen molar-refractivity contribution in [2.75, 3.05) is 0 Å². The second-order valence-electron chi connectivity index (χ2n) is 10.6. The number of hydrogen-bond donors (Lipinski definition) is 2. The Morgan fingerprint density at radius 3 is 2.43 bits per heavy atom. The predicted molar refractivity (Wildman–Crippen MR) is 167 cm³/mol. The fourth-order valence-electron chi connectivity index (χ4n) is 4.85. The van der Waals surface area contributed by atoms with Crippen molar-refractivity contribution < 1.29 is 8.78 Å². The zero-order chi connectivity index (χ0) is 30.6. The standard InChI is InChI=1S/C34H35F2N5O/c1-7-38-32(30(21(4)5)31(37)24-14-13-23(17-20(2)3)28(36)18-24)39-22(6)33-40-29-16-15-25(35)19-27(29)34(42)41(33)26-11-9-8-10-12-26/h7-16,18-20,22,37,39H,4,17H2,1-3,5-6H3/b32-30-,37-31?,38-7-. The Bertz CT molecular complexity index is 1770. The molecule has 0 bridgehead atoms. The molecule has 6 nitrogen and oxygen atoms in total. The van der Waals surface area contributed by atoms with E-state index >= 15 is 0 Å². The fraction of sp³-hybridized carbons (Fsp3) is 0.235. The number of fused-ring (bicyclic) bond motifs is 1. The van der Waals surface area contributed by atoms with Crippen LogP contribution >= 0.6 is 0 Å². The SMILES string of the molecule is C=C(C)/C(C(=N)c1ccc(CC(C)C)c(F)c1)=C(\N=C/C)NC(C)c1nc2ccc(F)cc2c(=O)n1-c1ccccc1. The summed E-state index contributed by atoms with van der Waals surface area (Å²) in [5, 5.41) is 12.5. The summed E-state index contributed by atoms with van der Waals surface area (Å²) >= 11 is 0. The van der Waals surface area contributed by atoms with Gasteiger partial charge in [-0.25, -0.2) is 18.8 Å². The molecule has 0 aliphatic heterocycles. The van der Waals surface area contributed by atoms with Crippen LogP contribution < -0.4 is 10.9 Å². The van der Waals surface area contributed by atoms with Gasteiger partial charge < -0.3 is 5.32 Å². The first kappa shape index (κ1) is 30.2. The van der Waals surface area contributed by atoms with Gasteiger partial charge in [-0.3, -0.25) is 14.8 Å². The van der Waals surface area contributed by atoms with Crippen LogP contribution in [0.3, 0.4) is 0 Å². The number of aliphatic imine (C=N–C) groups is 1. The number of aromatic nitrogens is 2. The second-order valence-corrected chi connectivity index (χ2v) is 10.6. The number of para-hydroxylation sites is 1. The number of rotatable bonds is 10. The molecule has 0 saturated carbocycles. The molecule has 1 atom stereocenters. The van der Waals surface area contributed by atoms with Gasteiger partial charge in [-0.1, -0.05) is 50.8 Å². The first-order valence-electron chi connectivity index (χ1n) is 13.8. The highest BCUT2D eigenvalue weighted by Crippen LogP contribution is 2.25. The molecule has 0 aliphatic carbocycles. The largest absolute Gasteiger partial charge is 0.360 e. The third kappa shape index (κ3) is 6.43. The third-order valence-electron chi connectivity index (χ3n) is 6.75. The molecule has 0 amide bonds. The van der Waals surface area contributed by atoms with Crippen LogP contribution in [0.5, 0.6) is 0 Å². The molecule has 0 radical (unpaired) electrons. The third-order valence-corrected chi connectivity index (χ3v) is 6.75. The lowest BCUT2D eigenvalue weighted by atomic mass is 9.94. The maximum atomic E-state index is 15.0. The van der Waals surface area contributed by atoms with Crippen LogP contribution in [-0.4, -0.2) is 21.5 Å². The van der Waals surface area contributed by atoms with Gasteiger partial charge >= 0.3 is 0 Å². The Morgan fingerprint density at radius 2 is 1.81 bits per heavy atom. The molecule has 216 valence electrons. The van der Waals surface area contributed by atoms with Gasteiger partial charge in [-0.05, 0) is 80.6 Å². The number of benzene rings is 3. The highest BCUT2D eigenvalue weighted by atomic mass is 19.1. The summed E-state index contributed by atoms with van der Waals surface area (Å²) in [6.07, 6.45) is 2.18. The highest BCUT2D eigenvalue weighted by molar-refractivity contribution is 6.13. The van der Waals surface area contributed by atoms with Crippen molar-refractivity contribution in [3.05, 3.63) is 129 Å². The number of nitrogens with one attached hydrogen (secondary N) is 2. The van der Waals surface area contributed by atoms with Gasteiger partial charge in [0, 0.05) is 17.4 Å². The number of nitrogens with zero attached hydrogens (tertiary/aromatic N) is 3. The average Bonchev–Trinajstić information content (AvgIpc) is 2.94. The van der Waals surface area contributed by atoms with E-state index in [1.165, 1.54) is 28.8 Å². The van der Waals surface area contributed by atoms with Crippen molar-refractivity contribution in [3.8, 4) is 5.69 Å². The summed E-state index contributed by atoms with van der Waals surface area (Å²) in [6, 6.07) is 17.2. The Morgan fingerprint density at radius 1 is 1.10 bits per heavy atom. The van der Waals surface area contributed by atoms with Gasteiger partial charge in [-0.2, -0.15) is 0 Å². The molecule has 8 heteroatoms. The van der Waals surface area contributed by atoms with Gasteiger partial charge in [-0.15, -0.1) is 0 Å². The molecular weight excluding hydrogens is 532 g/mol. The lowest BCUT2D eigenvalue weighted by molar-refractivity contribution is 0.574. The first-order valence-corrected chi connectivity index (χ1v) is 13.8. The lowest BCUT2D eigenvalue weighted by Gasteiger charge is -2.23. The summed E-state index contributed by atoms with van der Waals surface area (Å²) in [5.74, 6) is 0.0918. The van der Waals surface area contributed by atoms with E-state index in [1.807, 2.05) is 26.8 Å². The maximum absolute atomic E-state index is 15.0. The first-order chi connectivity index (χ1) is 20.0. The average molecular weight is 568 g/mol. The Hall–Kier alpha value is -4.72. The Kier molecular flexibility index (Phi) is 9.25. The molecule has 3 aromatic carbocycles. The van der Waals surface area contributed by atoms with Crippen molar-refractivity contribution in [1.29, 1.82) is 5.41 Å². The Balaban J connectivity index is 1.84. The summed E-state index contributed by atoms with van der Waals surface area (Å²) in [5.41, 5.74) is 2.50. The van der Waals surface area contributed by atoms with Crippen LogP contribution in [0.15, 0.2) is 100 Å². The molecule has 4 aromatic rings. The molecule has 0 saturated heterocycles. The fourth-order valence-corrected chi connectivity index (χ4v) is 4.85. The molecule has 1 heterocycles. The van der Waals surface area contributed by atoms with E-state index in [0.717, 1.165) is 0 Å². The number of hydrogen-bond acceptors (Lipinski definition) is 5. The normalized spacial score (nSPS) is 13.0. The van der Waals surface area contributed by atoms with E-state index in [9.17, 15) is 13.6 Å². The number of allylic oxidation sites excluding steroid dienone is 2. The van der Waals surface area contributed by atoms with Crippen molar-refractivity contribution in [3.63, 3.8) is 0 Å². The topological polar surface area (TPSA) is 83.1 Å². The molecule has 2 N–H and O–H groups in total. The van der Waals surface area contributed by atoms with Gasteiger partial charge in [0.15, 0.2) is 0 Å². The van der Waals surface area contributed by atoms with Gasteiger partial charge in [0.1, 0.15) is 23.3 Å². The summed E-state index contributed by atoms with van der Waals surface area (Å²) in [4.78, 5) is 23.0. The van der Waals surface area contributed by atoms with E-state index < -0.39 is 17.4 Å². The molecule has 1 unspecified atom stereocenters. The predicted octanol–water partition coefficient (Wildman–Crippen LogP) is 7.46. The molecule has 0 aliphatic rings. The van der Waals surface area contributed by atoms with Crippen LogP contribution in [0.2, 0.25) is 0 Å². The molecule has 0 fully saturated rings. The van der Waals surface area contributed by atoms with Crippen LogP contribution in [-0.2, 0) is 6.42 Å². The van der Waals surface area contributed by atoms with E-state index in [-0.39, 0.29) is 16.9 Å². The summed E-state index contributed by atoms with van der Waals surface area (Å²) < 4.78 is 30.5. The Labute approximate surface area is 244 Å². The molecule has 4 rings (SSSR count). The molecular formula is C34H35F2N5O. The van der Waals surface area contributed by atoms with E-state index in [1.54, 1.807) is 56.5 Å². The van der Waals surface area contributed by atoms with Crippen LogP contribution in [0.4, 0.5) is 8.78 Å². The van der Waals surface area contributed by atoms with Crippen molar-refractivity contribution in [1.82, 2.24) is 14.9 Å². The minimum atomic E-state index is -0.599. The van der Waals surface area contributed by atoms with Crippen molar-refractivity contribution >= 4 is 22.8 Å². The zero-order valence-electron chi connectivity index (χ0n) is 24.5. The molecule has 0 spiro atoms.